The molecule has 296 valence electrons. The van der Waals surface area contributed by atoms with Crippen LogP contribution >= 0.6 is 0 Å². The largest absolute Gasteiger partial charge is 0.493 e. The number of nitrogens with zero attached hydrogens (tertiary/aromatic N) is 1. The van der Waals surface area contributed by atoms with Gasteiger partial charge in [-0.05, 0) is 42.0 Å². The van der Waals surface area contributed by atoms with Crippen molar-refractivity contribution in [2.45, 2.75) is 108 Å². The molecule has 7 N–H and O–H groups in total. The number of ether oxygens (including phenoxy) is 1. The Hall–Kier alpha value is -5.24. The maximum Gasteiger partial charge on any atom is 0.335 e. The Balaban J connectivity index is 1.33. The summed E-state index contributed by atoms with van der Waals surface area (Å²) in [7, 11) is 0. The molecule has 3 aromatic rings. The molecule has 1 aromatic heterocycles. The lowest BCUT2D eigenvalue weighted by Crippen LogP contribution is -2.57. The van der Waals surface area contributed by atoms with Crippen LogP contribution in [-0.4, -0.2) is 87.2 Å². The van der Waals surface area contributed by atoms with Gasteiger partial charge in [0.2, 0.25) is 23.6 Å². The van der Waals surface area contributed by atoms with Gasteiger partial charge in [-0.1, -0.05) is 76.3 Å². The van der Waals surface area contributed by atoms with Crippen LogP contribution in [0.2, 0.25) is 0 Å². The van der Waals surface area contributed by atoms with Crippen molar-refractivity contribution in [2.24, 2.45) is 11.8 Å². The Morgan fingerprint density at radius 1 is 0.909 bits per heavy atom. The number of hydrogen-bond donors (Lipinski definition) is 7. The van der Waals surface area contributed by atoms with Gasteiger partial charge in [0.15, 0.2) is 0 Å². The molecule has 1 unspecified atom stereocenters. The highest BCUT2D eigenvalue weighted by atomic mass is 16.5. The second-order valence-corrected chi connectivity index (χ2v) is 15.2. The van der Waals surface area contributed by atoms with E-state index < -0.39 is 53.8 Å². The molecule has 1 fully saturated rings. The summed E-state index contributed by atoms with van der Waals surface area (Å²) in [4.78, 5) is 73.4. The van der Waals surface area contributed by atoms with E-state index in [4.69, 9.17) is 4.74 Å². The standard InChI is InChI=1S/C41H54N6O8/c1-25(2)21-43-37(49)20-35(48)32(15-26-9-5-3-6-10-26)46-40(52)34(19-30-22-42-24-44-30)47-39(51)33(16-27-11-7-4-8-12-27)45-38(50)18-29-23-55-36-14-13-28(41(53)54)17-31(29)36/h4,7-8,11-14,17,22,24-26,29,32-35,48H,3,5-6,9-10,15-16,18-21,23H2,1-2H3,(H,42,44)(H,43,49)(H,45,50)(H,46,52)(H,47,51)(H,53,54)/t29?,32-,33-,34-,35-/m0/s1. The lowest BCUT2D eigenvalue weighted by Gasteiger charge is -2.31. The van der Waals surface area contributed by atoms with Crippen molar-refractivity contribution in [1.82, 2.24) is 31.2 Å². The summed E-state index contributed by atoms with van der Waals surface area (Å²) in [6.07, 6.45) is 7.54. The highest BCUT2D eigenvalue weighted by Gasteiger charge is 2.34. The third-order valence-corrected chi connectivity index (χ3v) is 10.3. The second kappa shape index (κ2) is 19.9. The number of aromatic amines is 1. The average Bonchev–Trinajstić information content (AvgIpc) is 3.83. The number of H-pyrrole nitrogens is 1. The van der Waals surface area contributed by atoms with E-state index in [1.54, 1.807) is 12.3 Å². The SMILES string of the molecule is CC(C)CNC(=O)C[C@H](O)[C@H](CC1CCCCC1)NC(=O)[C@H](Cc1c[nH]cn1)NC(=O)[C@H](Cc1ccccc1)NC(=O)CC1COc2ccc(C(=O)O)cc21. The molecule has 0 spiro atoms. The number of aromatic carboxylic acids is 1. The lowest BCUT2D eigenvalue weighted by atomic mass is 9.83. The molecule has 4 amide bonds. The first-order chi connectivity index (χ1) is 26.4. The van der Waals surface area contributed by atoms with Crippen molar-refractivity contribution in [1.29, 1.82) is 0 Å². The summed E-state index contributed by atoms with van der Waals surface area (Å²) < 4.78 is 5.72. The first kappa shape index (κ1) is 40.9. The van der Waals surface area contributed by atoms with Crippen LogP contribution in [-0.2, 0) is 32.0 Å². The minimum atomic E-state index is -1.15. The highest BCUT2D eigenvalue weighted by molar-refractivity contribution is 5.93. The molecular formula is C41H54N6O8. The van der Waals surface area contributed by atoms with Gasteiger partial charge in [0.1, 0.15) is 17.8 Å². The molecule has 0 saturated heterocycles. The number of imidazole rings is 1. The van der Waals surface area contributed by atoms with E-state index in [1.165, 1.54) is 18.5 Å². The predicted octanol–water partition coefficient (Wildman–Crippen LogP) is 3.41. The zero-order valence-electron chi connectivity index (χ0n) is 31.6. The van der Waals surface area contributed by atoms with Crippen molar-refractivity contribution in [3.63, 3.8) is 0 Å². The van der Waals surface area contributed by atoms with Crippen LogP contribution in [0.5, 0.6) is 5.75 Å². The third-order valence-electron chi connectivity index (χ3n) is 10.3. The number of carbonyl (C=O) groups is 5. The summed E-state index contributed by atoms with van der Waals surface area (Å²) in [5.74, 6) is -2.39. The lowest BCUT2D eigenvalue weighted by molar-refractivity contribution is -0.133. The topological polar surface area (TPSA) is 212 Å². The van der Waals surface area contributed by atoms with Gasteiger partial charge in [-0.3, -0.25) is 19.2 Å². The molecule has 14 nitrogen and oxygen atoms in total. The van der Waals surface area contributed by atoms with E-state index in [9.17, 15) is 34.2 Å². The molecule has 14 heteroatoms. The molecule has 5 rings (SSSR count). The van der Waals surface area contributed by atoms with Gasteiger partial charge in [0.25, 0.3) is 0 Å². The van der Waals surface area contributed by atoms with Crippen molar-refractivity contribution in [3.05, 3.63) is 83.4 Å². The number of rotatable bonds is 19. The number of aliphatic hydroxyl groups excluding tert-OH is 1. The van der Waals surface area contributed by atoms with Crippen LogP contribution in [0.3, 0.4) is 0 Å². The van der Waals surface area contributed by atoms with Crippen molar-refractivity contribution < 1.29 is 38.9 Å². The normalized spacial score (nSPS) is 17.6. The Bertz CT molecular complexity index is 1740. The number of fused-ring (bicyclic) bond motifs is 1. The number of aromatic nitrogens is 2. The maximum atomic E-state index is 14.2. The van der Waals surface area contributed by atoms with Crippen molar-refractivity contribution in [2.75, 3.05) is 13.2 Å². The number of carboxylic acid groups (broad SMARTS) is 1. The highest BCUT2D eigenvalue weighted by Crippen LogP contribution is 2.36. The molecule has 0 radical (unpaired) electrons. The smallest absolute Gasteiger partial charge is 0.335 e. The number of benzene rings is 2. The summed E-state index contributed by atoms with van der Waals surface area (Å²) in [5.41, 5.74) is 1.99. The molecule has 1 aliphatic carbocycles. The molecule has 2 heterocycles. The quantitative estimate of drug-likeness (QED) is 0.0954. The van der Waals surface area contributed by atoms with Gasteiger partial charge in [-0.25, -0.2) is 9.78 Å². The molecule has 55 heavy (non-hydrogen) atoms. The number of carboxylic acids is 1. The average molecular weight is 759 g/mol. The fraction of sp³-hybridized carbons (Fsp3) is 0.512. The molecule has 1 saturated carbocycles. The Labute approximate surface area is 321 Å². The van der Waals surface area contributed by atoms with Crippen molar-refractivity contribution >= 4 is 29.6 Å². The van der Waals surface area contributed by atoms with Crippen LogP contribution < -0.4 is 26.0 Å². The van der Waals surface area contributed by atoms with Crippen LogP contribution in [0.4, 0.5) is 0 Å². The first-order valence-corrected chi connectivity index (χ1v) is 19.3. The zero-order chi connectivity index (χ0) is 39.3. The monoisotopic (exact) mass is 758 g/mol. The molecule has 1 aliphatic heterocycles. The summed E-state index contributed by atoms with van der Waals surface area (Å²) in [6, 6.07) is 10.7. The van der Waals surface area contributed by atoms with E-state index in [2.05, 4.69) is 31.2 Å². The van der Waals surface area contributed by atoms with Crippen LogP contribution in [0.15, 0.2) is 61.1 Å². The number of carbonyl (C=O) groups excluding carboxylic acids is 4. The summed E-state index contributed by atoms with van der Waals surface area (Å²) in [5, 5.41) is 32.4. The van der Waals surface area contributed by atoms with Gasteiger partial charge in [0, 0.05) is 43.5 Å². The van der Waals surface area contributed by atoms with E-state index in [0.717, 1.165) is 37.7 Å². The number of hydrogen-bond acceptors (Lipinski definition) is 8. The number of nitrogens with one attached hydrogen (secondary N) is 5. The molecule has 5 atom stereocenters. The molecule has 2 aromatic carbocycles. The number of aliphatic hydroxyl groups is 1. The van der Waals surface area contributed by atoms with Gasteiger partial charge < -0.3 is 41.2 Å². The fourth-order valence-corrected chi connectivity index (χ4v) is 7.31. The van der Waals surface area contributed by atoms with Crippen LogP contribution in [0, 0.1) is 11.8 Å². The Morgan fingerprint density at radius 2 is 1.64 bits per heavy atom. The Morgan fingerprint density at radius 3 is 2.33 bits per heavy atom. The molecule has 2 aliphatic rings. The van der Waals surface area contributed by atoms with Gasteiger partial charge in [0.05, 0.1) is 42.8 Å². The van der Waals surface area contributed by atoms with E-state index in [-0.39, 0.29) is 55.6 Å². The Kier molecular flexibility index (Phi) is 14.8. The van der Waals surface area contributed by atoms with E-state index in [1.807, 2.05) is 44.2 Å². The van der Waals surface area contributed by atoms with Crippen LogP contribution in [0.1, 0.15) is 98.3 Å². The van der Waals surface area contributed by atoms with Crippen molar-refractivity contribution in [3.8, 4) is 5.75 Å². The zero-order valence-corrected chi connectivity index (χ0v) is 31.6. The maximum absolute atomic E-state index is 14.2. The first-order valence-electron chi connectivity index (χ1n) is 19.3. The van der Waals surface area contributed by atoms with Crippen LogP contribution in [0.25, 0.3) is 0 Å². The van der Waals surface area contributed by atoms with E-state index >= 15 is 0 Å². The minimum absolute atomic E-state index is 0.0241. The third kappa shape index (κ3) is 12.4. The van der Waals surface area contributed by atoms with Gasteiger partial charge in [-0.2, -0.15) is 0 Å². The second-order valence-electron chi connectivity index (χ2n) is 15.2. The minimum Gasteiger partial charge on any atom is -0.493 e. The van der Waals surface area contributed by atoms with Gasteiger partial charge in [-0.15, -0.1) is 0 Å². The fourth-order valence-electron chi connectivity index (χ4n) is 7.31. The molecule has 0 bridgehead atoms. The summed E-state index contributed by atoms with van der Waals surface area (Å²) >= 11 is 0. The summed E-state index contributed by atoms with van der Waals surface area (Å²) in [6.45, 7) is 4.61. The number of amides is 4. The van der Waals surface area contributed by atoms with E-state index in [0.29, 0.717) is 30.0 Å². The predicted molar refractivity (Wildman–Crippen MR) is 204 cm³/mol. The van der Waals surface area contributed by atoms with Gasteiger partial charge >= 0.3 is 5.97 Å². The molecular weight excluding hydrogens is 704 g/mol.